The number of halogens is 1. The number of aliphatic carboxylic acids is 1. The first-order valence-corrected chi connectivity index (χ1v) is 6.32. The van der Waals surface area contributed by atoms with Crippen LogP contribution >= 0.6 is 0 Å². The molecule has 2 rings (SSSR count). The van der Waals surface area contributed by atoms with E-state index in [0.29, 0.717) is 10.9 Å². The van der Waals surface area contributed by atoms with E-state index in [1.165, 1.54) is 31.4 Å². The number of hydrogen-bond acceptors (Lipinski definition) is 3. The Kier molecular flexibility index (Phi) is 4.54. The number of hydrogen-bond donors (Lipinski definition) is 3. The Balaban J connectivity index is 2.15. The summed E-state index contributed by atoms with van der Waals surface area (Å²) in [4.78, 5) is 25.9. The van der Waals surface area contributed by atoms with Crippen LogP contribution in [0.5, 0.6) is 0 Å². The first-order valence-electron chi connectivity index (χ1n) is 6.32. The van der Waals surface area contributed by atoms with Gasteiger partial charge in [0.1, 0.15) is 17.6 Å². The number of methoxy groups -OCH3 is 1. The van der Waals surface area contributed by atoms with E-state index in [1.807, 2.05) is 0 Å². The topological polar surface area (TPSA) is 91.4 Å². The van der Waals surface area contributed by atoms with Gasteiger partial charge in [-0.25, -0.2) is 9.18 Å². The van der Waals surface area contributed by atoms with Crippen LogP contribution in [-0.4, -0.2) is 41.7 Å². The van der Waals surface area contributed by atoms with E-state index in [2.05, 4.69) is 10.3 Å². The highest BCUT2D eigenvalue weighted by Gasteiger charge is 2.21. The van der Waals surface area contributed by atoms with Gasteiger partial charge in [-0.3, -0.25) is 4.79 Å². The summed E-state index contributed by atoms with van der Waals surface area (Å²) in [5.74, 6) is -2.10. The number of rotatable bonds is 6. The van der Waals surface area contributed by atoms with Crippen LogP contribution in [0.4, 0.5) is 4.39 Å². The second-order valence-electron chi connectivity index (χ2n) is 4.56. The molecule has 3 N–H and O–H groups in total. The molecule has 0 aliphatic carbocycles. The van der Waals surface area contributed by atoms with Crippen LogP contribution in [-0.2, 0) is 9.53 Å². The molecule has 0 fully saturated rings. The summed E-state index contributed by atoms with van der Waals surface area (Å²) >= 11 is 0. The summed E-state index contributed by atoms with van der Waals surface area (Å²) in [5.41, 5.74) is 0.782. The van der Waals surface area contributed by atoms with Crippen LogP contribution in [0.2, 0.25) is 0 Å². The van der Waals surface area contributed by atoms with Crippen LogP contribution < -0.4 is 5.32 Å². The lowest BCUT2D eigenvalue weighted by Crippen LogP contribution is -2.41. The van der Waals surface area contributed by atoms with Crippen molar-refractivity contribution in [3.8, 4) is 0 Å². The average molecular weight is 294 g/mol. The van der Waals surface area contributed by atoms with Gasteiger partial charge in [-0.05, 0) is 24.3 Å². The normalized spacial score (nSPS) is 12.3. The number of amides is 1. The van der Waals surface area contributed by atoms with Crippen molar-refractivity contribution in [3.63, 3.8) is 0 Å². The third-order valence-electron chi connectivity index (χ3n) is 3.04. The molecule has 21 heavy (non-hydrogen) atoms. The van der Waals surface area contributed by atoms with Gasteiger partial charge in [0.15, 0.2) is 0 Å². The van der Waals surface area contributed by atoms with E-state index in [1.54, 1.807) is 0 Å². The molecule has 1 amide bonds. The third-order valence-corrected chi connectivity index (χ3v) is 3.04. The van der Waals surface area contributed by atoms with E-state index in [9.17, 15) is 14.0 Å². The summed E-state index contributed by atoms with van der Waals surface area (Å²) in [6.45, 7) is 0.217. The predicted octanol–water partition coefficient (Wildman–Crippen LogP) is 1.53. The minimum atomic E-state index is -1.14. The standard InChI is InChI=1S/C14H15FN2O4/c1-21-5-4-11(14(19)20)17-13(18)12-7-8-6-9(15)2-3-10(8)16-12/h2-3,6-7,11,16H,4-5H2,1H3,(H,17,18)(H,19,20). The molecule has 2 aromatic rings. The molecule has 0 spiro atoms. The maximum absolute atomic E-state index is 13.1. The fraction of sp³-hybridized carbons (Fsp3) is 0.286. The molecule has 1 unspecified atom stereocenters. The number of nitrogens with one attached hydrogen (secondary N) is 2. The highest BCUT2D eigenvalue weighted by molar-refractivity contribution is 5.99. The van der Waals surface area contributed by atoms with E-state index in [0.717, 1.165) is 0 Å². The number of H-pyrrole nitrogens is 1. The minimum absolute atomic E-state index is 0.159. The largest absolute Gasteiger partial charge is 0.480 e. The first kappa shape index (κ1) is 15.0. The van der Waals surface area contributed by atoms with Crippen molar-refractivity contribution in [1.82, 2.24) is 10.3 Å². The molecule has 1 aromatic carbocycles. The fourth-order valence-corrected chi connectivity index (χ4v) is 1.95. The molecule has 7 heteroatoms. The predicted molar refractivity (Wildman–Crippen MR) is 73.6 cm³/mol. The smallest absolute Gasteiger partial charge is 0.326 e. The summed E-state index contributed by atoms with van der Waals surface area (Å²) < 4.78 is 17.9. The van der Waals surface area contributed by atoms with Crippen LogP contribution in [0.1, 0.15) is 16.9 Å². The maximum atomic E-state index is 13.1. The third kappa shape index (κ3) is 3.57. The number of carboxylic acid groups (broad SMARTS) is 1. The lowest BCUT2D eigenvalue weighted by atomic mass is 10.2. The van der Waals surface area contributed by atoms with E-state index >= 15 is 0 Å². The monoisotopic (exact) mass is 294 g/mol. The summed E-state index contributed by atoms with van der Waals surface area (Å²) in [7, 11) is 1.45. The zero-order chi connectivity index (χ0) is 15.4. The van der Waals surface area contributed by atoms with Crippen molar-refractivity contribution >= 4 is 22.8 Å². The number of aromatic amines is 1. The highest BCUT2D eigenvalue weighted by Crippen LogP contribution is 2.16. The molecule has 0 aliphatic rings. The van der Waals surface area contributed by atoms with Crippen molar-refractivity contribution in [2.24, 2.45) is 0 Å². The van der Waals surface area contributed by atoms with Gasteiger partial charge in [0.2, 0.25) is 0 Å². The molecule has 1 heterocycles. The number of benzene rings is 1. The SMILES string of the molecule is COCCC(NC(=O)c1cc2cc(F)ccc2[nH]1)C(=O)O. The minimum Gasteiger partial charge on any atom is -0.480 e. The number of fused-ring (bicyclic) bond motifs is 1. The number of aromatic nitrogens is 1. The van der Waals surface area contributed by atoms with Crippen molar-refractivity contribution < 1.29 is 23.8 Å². The molecule has 6 nitrogen and oxygen atoms in total. The lowest BCUT2D eigenvalue weighted by molar-refractivity contribution is -0.139. The number of carbonyl (C=O) groups excluding carboxylic acids is 1. The molecule has 112 valence electrons. The molecule has 1 atom stereocenters. The van der Waals surface area contributed by atoms with E-state index in [4.69, 9.17) is 9.84 Å². The molecule has 1 aromatic heterocycles. The van der Waals surface area contributed by atoms with Crippen LogP contribution in [0.15, 0.2) is 24.3 Å². The molecule has 0 radical (unpaired) electrons. The number of carbonyl (C=O) groups is 2. The fourth-order valence-electron chi connectivity index (χ4n) is 1.95. The Bertz CT molecular complexity index is 668. The zero-order valence-corrected chi connectivity index (χ0v) is 11.4. The zero-order valence-electron chi connectivity index (χ0n) is 11.4. The molecular weight excluding hydrogens is 279 g/mol. The summed E-state index contributed by atoms with van der Waals surface area (Å²) in [5, 5.41) is 12.0. The Morgan fingerprint density at radius 1 is 1.43 bits per heavy atom. The van der Waals surface area contributed by atoms with Gasteiger partial charge in [0, 0.05) is 31.0 Å². The Morgan fingerprint density at radius 3 is 2.86 bits per heavy atom. The number of ether oxygens (including phenoxy) is 1. The van der Waals surface area contributed by atoms with Crippen LogP contribution in [0.3, 0.4) is 0 Å². The van der Waals surface area contributed by atoms with E-state index in [-0.39, 0.29) is 18.7 Å². The second kappa shape index (κ2) is 6.36. The average Bonchev–Trinajstić information content (AvgIpc) is 2.85. The molecule has 0 saturated heterocycles. The number of carboxylic acids is 1. The summed E-state index contributed by atoms with van der Waals surface area (Å²) in [6, 6.07) is 4.52. The molecule has 0 saturated carbocycles. The van der Waals surface area contributed by atoms with Gasteiger partial charge in [-0.15, -0.1) is 0 Å². The van der Waals surface area contributed by atoms with Gasteiger partial charge < -0.3 is 20.1 Å². The Hall–Kier alpha value is -2.41. The van der Waals surface area contributed by atoms with Gasteiger partial charge in [0.25, 0.3) is 5.91 Å². The van der Waals surface area contributed by atoms with Crippen molar-refractivity contribution in [3.05, 3.63) is 35.8 Å². The quantitative estimate of drug-likeness (QED) is 0.753. The van der Waals surface area contributed by atoms with Crippen LogP contribution in [0, 0.1) is 5.82 Å². The first-order chi connectivity index (χ1) is 10.0. The van der Waals surface area contributed by atoms with Gasteiger partial charge in [-0.2, -0.15) is 0 Å². The Labute approximate surface area is 119 Å². The van der Waals surface area contributed by atoms with Crippen molar-refractivity contribution in [2.45, 2.75) is 12.5 Å². The van der Waals surface area contributed by atoms with Crippen LogP contribution in [0.25, 0.3) is 10.9 Å². The van der Waals surface area contributed by atoms with E-state index < -0.39 is 23.7 Å². The lowest BCUT2D eigenvalue weighted by Gasteiger charge is -2.13. The molecule has 0 aliphatic heterocycles. The molecular formula is C14H15FN2O4. The van der Waals surface area contributed by atoms with Gasteiger partial charge in [-0.1, -0.05) is 0 Å². The van der Waals surface area contributed by atoms with Crippen molar-refractivity contribution in [2.75, 3.05) is 13.7 Å². The van der Waals surface area contributed by atoms with Gasteiger partial charge >= 0.3 is 5.97 Å². The van der Waals surface area contributed by atoms with Crippen molar-refractivity contribution in [1.29, 1.82) is 0 Å². The maximum Gasteiger partial charge on any atom is 0.326 e. The Morgan fingerprint density at radius 2 is 2.19 bits per heavy atom. The summed E-state index contributed by atoms with van der Waals surface area (Å²) in [6.07, 6.45) is 0.159. The van der Waals surface area contributed by atoms with Gasteiger partial charge in [0.05, 0.1) is 0 Å². The second-order valence-corrected chi connectivity index (χ2v) is 4.56. The highest BCUT2D eigenvalue weighted by atomic mass is 19.1. The molecule has 0 bridgehead atoms.